The molecule has 1 N–H and O–H groups in total. The highest BCUT2D eigenvalue weighted by molar-refractivity contribution is 7.32. The average Bonchev–Trinajstić information content (AvgIpc) is 1.90. The Morgan fingerprint density at radius 3 is 2.30 bits per heavy atom. The van der Waals surface area contributed by atoms with E-state index in [0.717, 1.165) is 0 Å². The molecule has 0 heterocycles. The smallest absolute Gasteiger partial charge is 0.353 e. The van der Waals surface area contributed by atoms with Gasteiger partial charge in [-0.05, 0) is 0 Å². The van der Waals surface area contributed by atoms with E-state index in [9.17, 15) is 4.57 Å². The first-order valence-electron chi connectivity index (χ1n) is 2.55. The molecule has 0 amide bonds. The standard InChI is InChI=1S/C4H9O5P/c1-7-4(8-2)3-9-10(5)6/h4H,3H2,1-2H3/p+1. The lowest BCUT2D eigenvalue weighted by Gasteiger charge is -2.07. The third-order valence-electron chi connectivity index (χ3n) is 0.847. The highest BCUT2D eigenvalue weighted by Gasteiger charge is 2.16. The fourth-order valence-electron chi connectivity index (χ4n) is 0.357. The Labute approximate surface area is 59.8 Å². The molecule has 10 heavy (non-hydrogen) atoms. The van der Waals surface area contributed by atoms with Crippen molar-refractivity contribution < 1.29 is 23.5 Å². The lowest BCUT2D eigenvalue weighted by Crippen LogP contribution is -2.18. The summed E-state index contributed by atoms with van der Waals surface area (Å²) in [4.78, 5) is 8.17. The second-order valence-electron chi connectivity index (χ2n) is 1.43. The third-order valence-corrected chi connectivity index (χ3v) is 1.22. The molecule has 1 unspecified atom stereocenters. The SMILES string of the molecule is COC(CO[P+](=O)O)OC. The zero-order chi connectivity index (χ0) is 7.98. The molecule has 5 nitrogen and oxygen atoms in total. The van der Waals surface area contributed by atoms with Gasteiger partial charge in [0.1, 0.15) is 0 Å². The first-order valence-corrected chi connectivity index (χ1v) is 3.68. The summed E-state index contributed by atoms with van der Waals surface area (Å²) in [5.74, 6) is 0. The van der Waals surface area contributed by atoms with E-state index in [-0.39, 0.29) is 6.61 Å². The summed E-state index contributed by atoms with van der Waals surface area (Å²) < 4.78 is 23.6. The zero-order valence-electron chi connectivity index (χ0n) is 5.81. The van der Waals surface area contributed by atoms with Crippen LogP contribution < -0.4 is 0 Å². The highest BCUT2D eigenvalue weighted by Crippen LogP contribution is 2.14. The molecule has 0 aromatic carbocycles. The first kappa shape index (κ1) is 9.94. The van der Waals surface area contributed by atoms with Crippen LogP contribution in [0.2, 0.25) is 0 Å². The van der Waals surface area contributed by atoms with Gasteiger partial charge in [-0.1, -0.05) is 0 Å². The van der Waals surface area contributed by atoms with Crippen LogP contribution in [0.1, 0.15) is 0 Å². The monoisotopic (exact) mass is 169 g/mol. The predicted octanol–water partition coefficient (Wildman–Crippen LogP) is 0.272. The summed E-state index contributed by atoms with van der Waals surface area (Å²) in [6, 6.07) is 0. The summed E-state index contributed by atoms with van der Waals surface area (Å²) in [5, 5.41) is 0. The van der Waals surface area contributed by atoms with Crippen molar-refractivity contribution in [3.05, 3.63) is 0 Å². The summed E-state index contributed by atoms with van der Waals surface area (Å²) >= 11 is 0. The number of ether oxygens (including phenoxy) is 2. The molecule has 0 spiro atoms. The number of rotatable bonds is 5. The predicted molar refractivity (Wildman–Crippen MR) is 33.6 cm³/mol. The molecule has 0 aliphatic carbocycles. The minimum absolute atomic E-state index is 0.0430. The minimum Gasteiger partial charge on any atom is -0.353 e. The third kappa shape index (κ3) is 4.78. The van der Waals surface area contributed by atoms with Gasteiger partial charge in [0, 0.05) is 18.8 Å². The first-order chi connectivity index (χ1) is 4.70. The average molecular weight is 169 g/mol. The topological polar surface area (TPSA) is 65.0 Å². The Kier molecular flexibility index (Phi) is 5.67. The molecule has 0 bridgehead atoms. The largest absolute Gasteiger partial charge is 0.694 e. The maximum Gasteiger partial charge on any atom is 0.694 e. The Balaban J connectivity index is 3.34. The number of hydrogen-bond acceptors (Lipinski definition) is 4. The molecule has 60 valence electrons. The molecule has 0 aliphatic heterocycles. The van der Waals surface area contributed by atoms with E-state index >= 15 is 0 Å². The van der Waals surface area contributed by atoms with Gasteiger partial charge in [-0.25, -0.2) is 0 Å². The molecule has 0 rings (SSSR count). The maximum atomic E-state index is 9.95. The molecule has 0 saturated carbocycles. The highest BCUT2D eigenvalue weighted by atomic mass is 31.1. The van der Waals surface area contributed by atoms with Crippen molar-refractivity contribution in [2.75, 3.05) is 20.8 Å². The van der Waals surface area contributed by atoms with E-state index in [1.807, 2.05) is 0 Å². The van der Waals surface area contributed by atoms with Gasteiger partial charge in [0.2, 0.25) is 0 Å². The van der Waals surface area contributed by atoms with Crippen LogP contribution >= 0.6 is 8.25 Å². The summed E-state index contributed by atoms with van der Waals surface area (Å²) in [6.45, 7) is -0.0430. The van der Waals surface area contributed by atoms with E-state index in [4.69, 9.17) is 4.89 Å². The van der Waals surface area contributed by atoms with Crippen molar-refractivity contribution in [3.8, 4) is 0 Å². The minimum atomic E-state index is -2.55. The molecule has 0 saturated heterocycles. The van der Waals surface area contributed by atoms with E-state index in [2.05, 4.69) is 14.0 Å². The molecule has 6 heteroatoms. The van der Waals surface area contributed by atoms with Crippen molar-refractivity contribution in [3.63, 3.8) is 0 Å². The Morgan fingerprint density at radius 2 is 2.00 bits per heavy atom. The van der Waals surface area contributed by atoms with Gasteiger partial charge in [-0.2, -0.15) is 0 Å². The number of methoxy groups -OCH3 is 2. The molecular weight excluding hydrogens is 159 g/mol. The second kappa shape index (κ2) is 5.70. The van der Waals surface area contributed by atoms with Crippen LogP contribution in [0, 0.1) is 0 Å². The van der Waals surface area contributed by atoms with Crippen molar-refractivity contribution in [2.24, 2.45) is 0 Å². The van der Waals surface area contributed by atoms with Crippen LogP contribution in [-0.2, 0) is 18.6 Å². The van der Waals surface area contributed by atoms with Gasteiger partial charge in [-0.3, -0.25) is 0 Å². The Morgan fingerprint density at radius 1 is 1.50 bits per heavy atom. The van der Waals surface area contributed by atoms with Crippen molar-refractivity contribution in [1.82, 2.24) is 0 Å². The molecule has 0 aromatic heterocycles. The molecular formula is C4H10O5P+. The fraction of sp³-hybridized carbons (Fsp3) is 1.00. The lowest BCUT2D eigenvalue weighted by atomic mass is 10.7. The van der Waals surface area contributed by atoms with Crippen LogP contribution in [-0.4, -0.2) is 32.0 Å². The number of hydrogen-bond donors (Lipinski definition) is 1. The van der Waals surface area contributed by atoms with Gasteiger partial charge < -0.3 is 9.47 Å². The van der Waals surface area contributed by atoms with Crippen LogP contribution in [0.25, 0.3) is 0 Å². The Hall–Kier alpha value is -0.0600. The fourth-order valence-corrected chi connectivity index (χ4v) is 0.606. The molecule has 0 aromatic rings. The van der Waals surface area contributed by atoms with Crippen LogP contribution in [0.3, 0.4) is 0 Å². The van der Waals surface area contributed by atoms with E-state index in [1.165, 1.54) is 14.2 Å². The second-order valence-corrected chi connectivity index (χ2v) is 2.17. The summed E-state index contributed by atoms with van der Waals surface area (Å²) in [7, 11) is 0.283. The molecule has 0 radical (unpaired) electrons. The van der Waals surface area contributed by atoms with Gasteiger partial charge >= 0.3 is 8.25 Å². The van der Waals surface area contributed by atoms with Gasteiger partial charge in [0.15, 0.2) is 12.9 Å². The van der Waals surface area contributed by atoms with Gasteiger partial charge in [0.25, 0.3) is 0 Å². The van der Waals surface area contributed by atoms with E-state index in [1.54, 1.807) is 0 Å². The molecule has 0 fully saturated rings. The summed E-state index contributed by atoms with van der Waals surface area (Å²) in [5.41, 5.74) is 0. The summed E-state index contributed by atoms with van der Waals surface area (Å²) in [6.07, 6.45) is -0.578. The normalized spacial score (nSPS) is 12.2. The van der Waals surface area contributed by atoms with Crippen molar-refractivity contribution in [1.29, 1.82) is 0 Å². The zero-order valence-corrected chi connectivity index (χ0v) is 6.71. The van der Waals surface area contributed by atoms with Crippen LogP contribution in [0.4, 0.5) is 0 Å². The van der Waals surface area contributed by atoms with Crippen molar-refractivity contribution >= 4 is 8.25 Å². The van der Waals surface area contributed by atoms with Crippen LogP contribution in [0.5, 0.6) is 0 Å². The van der Waals surface area contributed by atoms with Gasteiger partial charge in [0.05, 0.1) is 0 Å². The van der Waals surface area contributed by atoms with E-state index < -0.39 is 14.5 Å². The van der Waals surface area contributed by atoms with Gasteiger partial charge in [-0.15, -0.1) is 9.42 Å². The quantitative estimate of drug-likeness (QED) is 0.472. The molecule has 0 aliphatic rings. The van der Waals surface area contributed by atoms with Crippen LogP contribution in [0.15, 0.2) is 0 Å². The maximum absolute atomic E-state index is 9.95. The van der Waals surface area contributed by atoms with Crippen molar-refractivity contribution in [2.45, 2.75) is 6.29 Å². The Bertz CT molecular complexity index is 102. The van der Waals surface area contributed by atoms with E-state index in [0.29, 0.717) is 0 Å². The lowest BCUT2D eigenvalue weighted by molar-refractivity contribution is -0.122. The molecule has 1 atom stereocenters.